The molecule has 21 heavy (non-hydrogen) atoms. The Bertz CT molecular complexity index is 582. The van der Waals surface area contributed by atoms with E-state index in [0.29, 0.717) is 24.3 Å². The highest BCUT2D eigenvalue weighted by molar-refractivity contribution is 5.46. The van der Waals surface area contributed by atoms with Gasteiger partial charge in [0.1, 0.15) is 18.0 Å². The molecule has 1 atom stereocenters. The fraction of sp³-hybridized carbons (Fsp3) is 0.235. The second kappa shape index (κ2) is 6.90. The van der Waals surface area contributed by atoms with Crippen molar-refractivity contribution in [3.8, 4) is 5.75 Å². The molecule has 0 aliphatic heterocycles. The van der Waals surface area contributed by atoms with E-state index in [2.05, 4.69) is 5.32 Å². The molecule has 2 N–H and O–H groups in total. The van der Waals surface area contributed by atoms with Crippen LogP contribution in [0.1, 0.15) is 18.1 Å². The first-order valence-corrected chi connectivity index (χ1v) is 6.78. The highest BCUT2D eigenvalue weighted by Gasteiger charge is 2.22. The number of carbonyl (C=O) groups is 1. The van der Waals surface area contributed by atoms with Crippen molar-refractivity contribution in [2.45, 2.75) is 19.1 Å². The standard InChI is InChI=1S/C17H19NO3/c1-17(20,12-18-13-19)15-8-5-9-16(10-15)21-11-14-6-3-2-4-7-14/h2-10,13,20H,11-12H2,1H3,(H,18,19). The summed E-state index contributed by atoms with van der Waals surface area (Å²) in [7, 11) is 0. The maximum absolute atomic E-state index is 10.4. The lowest BCUT2D eigenvalue weighted by atomic mass is 9.96. The fourth-order valence-electron chi connectivity index (χ4n) is 2.00. The van der Waals surface area contributed by atoms with Crippen LogP contribution in [0.4, 0.5) is 0 Å². The van der Waals surface area contributed by atoms with Crippen molar-refractivity contribution in [1.29, 1.82) is 0 Å². The SMILES string of the molecule is CC(O)(CNC=O)c1cccc(OCc2ccccc2)c1. The third-order valence-electron chi connectivity index (χ3n) is 3.23. The molecule has 0 spiro atoms. The summed E-state index contributed by atoms with van der Waals surface area (Å²) in [5.74, 6) is 0.683. The summed E-state index contributed by atoms with van der Waals surface area (Å²) in [5.41, 5.74) is 0.646. The number of nitrogens with one attached hydrogen (secondary N) is 1. The van der Waals surface area contributed by atoms with Gasteiger partial charge >= 0.3 is 0 Å². The molecule has 0 saturated carbocycles. The Morgan fingerprint density at radius 1 is 1.19 bits per heavy atom. The van der Waals surface area contributed by atoms with Crippen molar-refractivity contribution in [1.82, 2.24) is 5.32 Å². The van der Waals surface area contributed by atoms with Gasteiger partial charge in [0.05, 0.1) is 0 Å². The molecule has 0 radical (unpaired) electrons. The van der Waals surface area contributed by atoms with E-state index in [4.69, 9.17) is 4.74 Å². The lowest BCUT2D eigenvalue weighted by Crippen LogP contribution is -2.34. The van der Waals surface area contributed by atoms with E-state index in [1.54, 1.807) is 13.0 Å². The van der Waals surface area contributed by atoms with Gasteiger partial charge in [-0.2, -0.15) is 0 Å². The van der Waals surface area contributed by atoms with Gasteiger partial charge in [0.25, 0.3) is 0 Å². The van der Waals surface area contributed by atoms with E-state index in [-0.39, 0.29) is 6.54 Å². The quantitative estimate of drug-likeness (QED) is 0.767. The van der Waals surface area contributed by atoms with Crippen LogP contribution in [0, 0.1) is 0 Å². The lowest BCUT2D eigenvalue weighted by molar-refractivity contribution is -0.110. The van der Waals surface area contributed by atoms with Crippen molar-refractivity contribution in [3.05, 3.63) is 65.7 Å². The topological polar surface area (TPSA) is 58.6 Å². The van der Waals surface area contributed by atoms with Crippen LogP contribution in [0.2, 0.25) is 0 Å². The molecule has 0 heterocycles. The van der Waals surface area contributed by atoms with E-state index in [1.165, 1.54) is 0 Å². The van der Waals surface area contributed by atoms with Crippen molar-refractivity contribution in [2.75, 3.05) is 6.54 Å². The highest BCUT2D eigenvalue weighted by Crippen LogP contribution is 2.24. The van der Waals surface area contributed by atoms with E-state index < -0.39 is 5.60 Å². The lowest BCUT2D eigenvalue weighted by Gasteiger charge is -2.23. The molecule has 2 aromatic rings. The molecule has 1 unspecified atom stereocenters. The summed E-state index contributed by atoms with van der Waals surface area (Å²) < 4.78 is 5.73. The average Bonchev–Trinajstić information content (AvgIpc) is 2.52. The van der Waals surface area contributed by atoms with Gasteiger partial charge in [-0.05, 0) is 30.2 Å². The molecule has 1 amide bonds. The number of hydrogen-bond acceptors (Lipinski definition) is 3. The zero-order chi connectivity index (χ0) is 15.1. The number of hydrogen-bond donors (Lipinski definition) is 2. The van der Waals surface area contributed by atoms with Gasteiger partial charge in [0.2, 0.25) is 6.41 Å². The van der Waals surface area contributed by atoms with Crippen LogP contribution in [-0.2, 0) is 17.0 Å². The third kappa shape index (κ3) is 4.33. The maximum atomic E-state index is 10.4. The second-order valence-electron chi connectivity index (χ2n) is 5.07. The molecule has 2 aromatic carbocycles. The van der Waals surface area contributed by atoms with E-state index in [0.717, 1.165) is 5.56 Å². The van der Waals surface area contributed by atoms with Crippen LogP contribution in [0.3, 0.4) is 0 Å². The molecule has 0 aliphatic rings. The van der Waals surface area contributed by atoms with Crippen molar-refractivity contribution in [2.24, 2.45) is 0 Å². The Balaban J connectivity index is 2.05. The number of ether oxygens (including phenoxy) is 1. The Morgan fingerprint density at radius 2 is 1.95 bits per heavy atom. The zero-order valence-electron chi connectivity index (χ0n) is 12.0. The zero-order valence-corrected chi connectivity index (χ0v) is 12.0. The minimum atomic E-state index is -1.13. The monoisotopic (exact) mass is 285 g/mol. The summed E-state index contributed by atoms with van der Waals surface area (Å²) >= 11 is 0. The molecule has 0 aliphatic carbocycles. The van der Waals surface area contributed by atoms with Crippen LogP contribution in [0.25, 0.3) is 0 Å². The summed E-state index contributed by atoms with van der Waals surface area (Å²) in [4.78, 5) is 10.4. The molecule has 4 nitrogen and oxygen atoms in total. The molecular formula is C17H19NO3. The van der Waals surface area contributed by atoms with E-state index in [9.17, 15) is 9.90 Å². The Morgan fingerprint density at radius 3 is 2.67 bits per heavy atom. The van der Waals surface area contributed by atoms with E-state index in [1.807, 2.05) is 48.5 Å². The molecule has 0 fully saturated rings. The normalized spacial score (nSPS) is 13.2. The van der Waals surface area contributed by atoms with Gasteiger partial charge in [-0.25, -0.2) is 0 Å². The van der Waals surface area contributed by atoms with Gasteiger partial charge in [0.15, 0.2) is 0 Å². The highest BCUT2D eigenvalue weighted by atomic mass is 16.5. The first-order valence-electron chi connectivity index (χ1n) is 6.78. The van der Waals surface area contributed by atoms with E-state index >= 15 is 0 Å². The molecular weight excluding hydrogens is 266 g/mol. The molecule has 0 aromatic heterocycles. The third-order valence-corrected chi connectivity index (χ3v) is 3.23. The molecule has 0 bridgehead atoms. The van der Waals surface area contributed by atoms with Crippen molar-refractivity contribution >= 4 is 6.41 Å². The summed E-state index contributed by atoms with van der Waals surface area (Å²) in [6.45, 7) is 2.28. The number of benzene rings is 2. The Hall–Kier alpha value is -2.33. The van der Waals surface area contributed by atoms with Gasteiger partial charge in [-0.1, -0.05) is 42.5 Å². The van der Waals surface area contributed by atoms with Crippen LogP contribution in [-0.4, -0.2) is 18.1 Å². The van der Waals surface area contributed by atoms with Gasteiger partial charge in [0, 0.05) is 6.54 Å². The molecule has 110 valence electrons. The van der Waals surface area contributed by atoms with Crippen molar-refractivity contribution in [3.63, 3.8) is 0 Å². The fourth-order valence-corrected chi connectivity index (χ4v) is 2.00. The number of amides is 1. The number of carbonyl (C=O) groups excluding carboxylic acids is 1. The Labute approximate surface area is 124 Å². The minimum Gasteiger partial charge on any atom is -0.489 e. The molecule has 4 heteroatoms. The van der Waals surface area contributed by atoms with Gasteiger partial charge in [-0.15, -0.1) is 0 Å². The second-order valence-corrected chi connectivity index (χ2v) is 5.07. The molecule has 0 saturated heterocycles. The summed E-state index contributed by atoms with van der Waals surface area (Å²) in [6, 6.07) is 17.1. The van der Waals surface area contributed by atoms with Crippen LogP contribution in [0.15, 0.2) is 54.6 Å². The van der Waals surface area contributed by atoms with Gasteiger partial charge in [-0.3, -0.25) is 4.79 Å². The smallest absolute Gasteiger partial charge is 0.207 e. The number of aliphatic hydroxyl groups is 1. The summed E-state index contributed by atoms with van der Waals surface area (Å²) in [5, 5.41) is 12.8. The average molecular weight is 285 g/mol. The first-order chi connectivity index (χ1) is 10.1. The predicted molar refractivity (Wildman–Crippen MR) is 80.9 cm³/mol. The first kappa shape index (κ1) is 15.1. The molecule has 2 rings (SSSR count). The largest absolute Gasteiger partial charge is 0.489 e. The van der Waals surface area contributed by atoms with Crippen LogP contribution < -0.4 is 10.1 Å². The van der Waals surface area contributed by atoms with Gasteiger partial charge < -0.3 is 15.2 Å². The summed E-state index contributed by atoms with van der Waals surface area (Å²) in [6.07, 6.45) is 0.574. The van der Waals surface area contributed by atoms with Crippen molar-refractivity contribution < 1.29 is 14.6 Å². The minimum absolute atomic E-state index is 0.151. The Kier molecular flexibility index (Phi) is 4.95. The van der Waals surface area contributed by atoms with Crippen LogP contribution >= 0.6 is 0 Å². The number of rotatable bonds is 7. The maximum Gasteiger partial charge on any atom is 0.207 e. The van der Waals surface area contributed by atoms with Crippen LogP contribution in [0.5, 0.6) is 5.75 Å². The predicted octanol–water partition coefficient (Wildman–Crippen LogP) is 2.22.